The fraction of sp³-hybridized carbons (Fsp3) is 0.394. The summed E-state index contributed by atoms with van der Waals surface area (Å²) < 4.78 is 14.1. The van der Waals surface area contributed by atoms with Crippen LogP contribution in [-0.4, -0.2) is 73.7 Å². The van der Waals surface area contributed by atoms with Crippen molar-refractivity contribution in [1.82, 2.24) is 9.80 Å². The Morgan fingerprint density at radius 2 is 1.00 bits per heavy atom. The molecule has 40 heavy (non-hydrogen) atoms. The van der Waals surface area contributed by atoms with E-state index in [4.69, 9.17) is 20.0 Å². The number of rotatable bonds is 13. The predicted molar refractivity (Wildman–Crippen MR) is 162 cm³/mol. The normalized spacial score (nSPS) is 16.7. The van der Waals surface area contributed by atoms with Crippen molar-refractivity contribution in [2.75, 3.05) is 52.5 Å². The summed E-state index contributed by atoms with van der Waals surface area (Å²) in [4.78, 5) is 16.6. The molecule has 212 valence electrons. The van der Waals surface area contributed by atoms with Crippen molar-refractivity contribution < 1.29 is 14.1 Å². The van der Waals surface area contributed by atoms with Gasteiger partial charge in [-0.05, 0) is 55.0 Å². The molecule has 0 unspecified atom stereocenters. The number of halogens is 1. The van der Waals surface area contributed by atoms with Gasteiger partial charge >= 0.3 is 0 Å². The molecule has 0 fully saturated rings. The number of nitrogens with zero attached hydrogens (tertiary/aromatic N) is 4. The maximum Gasteiger partial charge on any atom is 0.129 e. The van der Waals surface area contributed by atoms with Gasteiger partial charge in [-0.2, -0.15) is 0 Å². The summed E-state index contributed by atoms with van der Waals surface area (Å²) in [6, 6.07) is 23.0. The van der Waals surface area contributed by atoms with Gasteiger partial charge in [0.1, 0.15) is 30.5 Å². The van der Waals surface area contributed by atoms with E-state index in [1.807, 2.05) is 24.3 Å². The monoisotopic (exact) mass is 544 g/mol. The molecule has 0 aromatic heterocycles. The smallest absolute Gasteiger partial charge is 0.129 e. The fourth-order valence-corrected chi connectivity index (χ4v) is 5.15. The molecule has 0 radical (unpaired) electrons. The van der Waals surface area contributed by atoms with Crippen LogP contribution in [0.1, 0.15) is 50.3 Å². The van der Waals surface area contributed by atoms with Crippen molar-refractivity contribution in [2.24, 2.45) is 10.3 Å². The van der Waals surface area contributed by atoms with Gasteiger partial charge in [-0.3, -0.25) is 0 Å². The van der Waals surface area contributed by atoms with Crippen LogP contribution in [0.4, 0.5) is 4.39 Å². The van der Waals surface area contributed by atoms with E-state index in [-0.39, 0.29) is 5.82 Å². The van der Waals surface area contributed by atoms with Gasteiger partial charge < -0.3 is 19.5 Å². The first-order valence-electron chi connectivity index (χ1n) is 14.4. The molecule has 4 rings (SSSR count). The van der Waals surface area contributed by atoms with E-state index >= 15 is 0 Å². The van der Waals surface area contributed by atoms with Crippen molar-refractivity contribution in [3.05, 3.63) is 95.3 Å². The first-order chi connectivity index (χ1) is 19.6. The van der Waals surface area contributed by atoms with Crippen molar-refractivity contribution >= 4 is 11.4 Å². The Morgan fingerprint density at radius 3 is 1.40 bits per heavy atom. The van der Waals surface area contributed by atoms with Crippen LogP contribution in [0.5, 0.6) is 0 Å². The van der Waals surface area contributed by atoms with Crippen LogP contribution in [0, 0.1) is 5.82 Å². The highest BCUT2D eigenvalue weighted by molar-refractivity contribution is 6.29. The summed E-state index contributed by atoms with van der Waals surface area (Å²) in [5.74, 6) is -0.714. The van der Waals surface area contributed by atoms with Gasteiger partial charge in [0.2, 0.25) is 0 Å². The summed E-state index contributed by atoms with van der Waals surface area (Å²) in [6.45, 7) is 14.9. The lowest BCUT2D eigenvalue weighted by Crippen LogP contribution is -2.28. The third kappa shape index (κ3) is 6.95. The minimum absolute atomic E-state index is 0.291. The first-order valence-corrected chi connectivity index (χ1v) is 14.4. The molecule has 0 saturated carbocycles. The lowest BCUT2D eigenvalue weighted by atomic mass is 9.85. The molecule has 0 aliphatic heterocycles. The molecule has 0 atom stereocenters. The minimum Gasteiger partial charge on any atom is -0.394 e. The first kappa shape index (κ1) is 29.4. The number of fused-ring (bicyclic) bond motifs is 3. The number of likely N-dealkylation sites (N-methyl/N-ethyl adjacent to an activating group) is 2. The van der Waals surface area contributed by atoms with Gasteiger partial charge in [-0.25, -0.2) is 4.39 Å². The predicted octanol–water partition coefficient (Wildman–Crippen LogP) is 6.42. The molecule has 3 aromatic carbocycles. The topological polar surface area (TPSA) is 49.7 Å². The summed E-state index contributed by atoms with van der Waals surface area (Å²) in [7, 11) is 0. The van der Waals surface area contributed by atoms with Crippen molar-refractivity contribution in [2.45, 2.75) is 33.6 Å². The number of hydrogen-bond acceptors (Lipinski definition) is 6. The third-order valence-electron chi connectivity index (χ3n) is 7.56. The summed E-state index contributed by atoms with van der Waals surface area (Å²) in [5, 5.41) is 9.55. The zero-order chi connectivity index (χ0) is 28.3. The highest BCUT2D eigenvalue weighted by Crippen LogP contribution is 2.39. The van der Waals surface area contributed by atoms with Gasteiger partial charge in [0.05, 0.1) is 5.92 Å². The Kier molecular flexibility index (Phi) is 10.8. The van der Waals surface area contributed by atoms with Crippen LogP contribution in [-0.2, 0) is 9.68 Å². The number of benzene rings is 3. The van der Waals surface area contributed by atoms with Crippen molar-refractivity contribution in [1.29, 1.82) is 0 Å². The maximum absolute atomic E-state index is 14.1. The molecule has 0 heterocycles. The van der Waals surface area contributed by atoms with E-state index < -0.39 is 5.92 Å². The molecule has 3 aromatic rings. The lowest BCUT2D eigenvalue weighted by Gasteiger charge is -2.21. The molecular formula is C33H41FN4O2. The third-order valence-corrected chi connectivity index (χ3v) is 7.56. The maximum atomic E-state index is 14.1. The van der Waals surface area contributed by atoms with E-state index in [1.54, 1.807) is 12.1 Å². The molecule has 0 spiro atoms. The molecule has 0 saturated heterocycles. The second kappa shape index (κ2) is 14.7. The van der Waals surface area contributed by atoms with E-state index in [0.29, 0.717) is 13.2 Å². The Morgan fingerprint density at radius 1 is 0.600 bits per heavy atom. The Labute approximate surface area is 238 Å². The summed E-state index contributed by atoms with van der Waals surface area (Å²) in [5.41, 5.74) is 6.33. The van der Waals surface area contributed by atoms with Gasteiger partial charge in [-0.1, -0.05) is 98.7 Å². The summed E-state index contributed by atoms with van der Waals surface area (Å²) in [6.07, 6.45) is 0. The van der Waals surface area contributed by atoms with E-state index in [9.17, 15) is 4.39 Å². The van der Waals surface area contributed by atoms with E-state index in [0.717, 1.165) is 78.5 Å². The van der Waals surface area contributed by atoms with Gasteiger partial charge in [0, 0.05) is 24.2 Å². The molecule has 1 aliphatic rings. The van der Waals surface area contributed by atoms with Gasteiger partial charge in [0.15, 0.2) is 0 Å². The second-order valence-corrected chi connectivity index (χ2v) is 9.75. The Hall–Kier alpha value is -3.55. The van der Waals surface area contributed by atoms with Crippen molar-refractivity contribution in [3.63, 3.8) is 0 Å². The standard InChI is InChI=1S/C33H41FN4O2/c1-5-37(6-2)21-23-39-35-32-29-15-11-9-13-27(29)28-14-10-12-16-30(28)33(36-40-24-22-38(7-3)8-4)31(32)25-17-19-26(34)20-18-25/h9-20,31H,5-8,21-24H2,1-4H3. The molecule has 6 nitrogen and oxygen atoms in total. The van der Waals surface area contributed by atoms with E-state index in [2.05, 4.69) is 61.8 Å². The Bertz CT molecular complexity index is 1210. The highest BCUT2D eigenvalue weighted by atomic mass is 19.1. The van der Waals surface area contributed by atoms with Crippen LogP contribution in [0.15, 0.2) is 83.1 Å². The summed E-state index contributed by atoms with van der Waals surface area (Å²) >= 11 is 0. The lowest BCUT2D eigenvalue weighted by molar-refractivity contribution is 0.112. The van der Waals surface area contributed by atoms with Crippen LogP contribution in [0.25, 0.3) is 11.1 Å². The van der Waals surface area contributed by atoms with Crippen LogP contribution in [0.2, 0.25) is 0 Å². The zero-order valence-corrected chi connectivity index (χ0v) is 24.1. The van der Waals surface area contributed by atoms with Crippen LogP contribution in [0.3, 0.4) is 0 Å². The van der Waals surface area contributed by atoms with Gasteiger partial charge in [0.25, 0.3) is 0 Å². The Balaban J connectivity index is 1.83. The van der Waals surface area contributed by atoms with Crippen LogP contribution >= 0.6 is 0 Å². The molecule has 0 bridgehead atoms. The molecule has 1 aliphatic carbocycles. The van der Waals surface area contributed by atoms with Crippen LogP contribution < -0.4 is 0 Å². The highest BCUT2D eigenvalue weighted by Gasteiger charge is 2.34. The average Bonchev–Trinajstić information content (AvgIpc) is 3.11. The average molecular weight is 545 g/mol. The quantitative estimate of drug-likeness (QED) is 0.184. The SMILES string of the molecule is CCN(CC)CCON=C1c2ccccc2-c2ccccc2C(=NOCCN(CC)CC)C1c1ccc(F)cc1. The molecular weight excluding hydrogens is 503 g/mol. The van der Waals surface area contributed by atoms with E-state index in [1.165, 1.54) is 12.1 Å². The minimum atomic E-state index is -0.424. The van der Waals surface area contributed by atoms with Gasteiger partial charge in [-0.15, -0.1) is 0 Å². The molecule has 0 amide bonds. The largest absolute Gasteiger partial charge is 0.394 e. The fourth-order valence-electron chi connectivity index (χ4n) is 5.15. The van der Waals surface area contributed by atoms with Crippen molar-refractivity contribution in [3.8, 4) is 11.1 Å². The second-order valence-electron chi connectivity index (χ2n) is 9.75. The molecule has 0 N–H and O–H groups in total. The molecule has 7 heteroatoms. The number of hydrogen-bond donors (Lipinski definition) is 0. The number of oxime groups is 2. The zero-order valence-electron chi connectivity index (χ0n) is 24.1.